The van der Waals surface area contributed by atoms with E-state index in [-0.39, 0.29) is 6.10 Å². The summed E-state index contributed by atoms with van der Waals surface area (Å²) in [5.74, 6) is 0.915. The summed E-state index contributed by atoms with van der Waals surface area (Å²) >= 11 is 3.52. The number of hydrogen-bond acceptors (Lipinski definition) is 4. The summed E-state index contributed by atoms with van der Waals surface area (Å²) in [4.78, 5) is 0. The largest absolute Gasteiger partial charge is 0.492 e. The van der Waals surface area contributed by atoms with Crippen molar-refractivity contribution in [2.75, 3.05) is 33.9 Å². The van der Waals surface area contributed by atoms with Gasteiger partial charge in [-0.2, -0.15) is 0 Å². The van der Waals surface area contributed by atoms with E-state index in [1.54, 1.807) is 7.11 Å². The molecule has 0 radical (unpaired) electrons. The molecule has 0 heterocycles. The Morgan fingerprint density at radius 1 is 1.12 bits per heavy atom. The predicted octanol–water partition coefficient (Wildman–Crippen LogP) is 3.96. The van der Waals surface area contributed by atoms with Crippen LogP contribution in [0.1, 0.15) is 24.2 Å². The van der Waals surface area contributed by atoms with Crippen LogP contribution >= 0.6 is 15.9 Å². The van der Waals surface area contributed by atoms with E-state index in [1.165, 1.54) is 11.1 Å². The van der Waals surface area contributed by atoms with Crippen LogP contribution in [0, 0.1) is 0 Å². The van der Waals surface area contributed by atoms with Crippen molar-refractivity contribution in [2.24, 2.45) is 0 Å². The molecule has 2 N–H and O–H groups in total. The summed E-state index contributed by atoms with van der Waals surface area (Å²) in [5.41, 5.74) is 2.46. The van der Waals surface area contributed by atoms with Crippen molar-refractivity contribution in [3.8, 4) is 5.75 Å². The molecule has 0 saturated carbocycles. The Hall–Kier alpha value is -1.40. The van der Waals surface area contributed by atoms with Gasteiger partial charge in [-0.1, -0.05) is 40.2 Å². The molecule has 0 bridgehead atoms. The molecule has 0 spiro atoms. The quantitative estimate of drug-likeness (QED) is 0.539. The predicted molar refractivity (Wildman–Crippen MR) is 111 cm³/mol. The van der Waals surface area contributed by atoms with Crippen LogP contribution in [0.25, 0.3) is 0 Å². The fourth-order valence-corrected chi connectivity index (χ4v) is 3.19. The molecule has 4 nitrogen and oxygen atoms in total. The Morgan fingerprint density at radius 3 is 2.54 bits per heavy atom. The van der Waals surface area contributed by atoms with Gasteiger partial charge in [-0.3, -0.25) is 0 Å². The zero-order valence-electron chi connectivity index (χ0n) is 15.8. The minimum absolute atomic E-state index is 0.0397. The van der Waals surface area contributed by atoms with Gasteiger partial charge in [-0.15, -0.1) is 0 Å². The average molecular weight is 421 g/mol. The van der Waals surface area contributed by atoms with E-state index < -0.39 is 0 Å². The highest BCUT2D eigenvalue weighted by molar-refractivity contribution is 9.10. The maximum absolute atomic E-state index is 5.66. The second kappa shape index (κ2) is 11.3. The Balaban J connectivity index is 1.81. The van der Waals surface area contributed by atoms with E-state index in [4.69, 9.17) is 9.47 Å². The molecule has 2 unspecified atom stereocenters. The molecular weight excluding hydrogens is 392 g/mol. The van der Waals surface area contributed by atoms with Gasteiger partial charge in [0.2, 0.25) is 0 Å². The maximum Gasteiger partial charge on any atom is 0.119 e. The number of halogens is 1. The third kappa shape index (κ3) is 7.08. The first-order chi connectivity index (χ1) is 12.6. The lowest BCUT2D eigenvalue weighted by molar-refractivity contribution is 0.0998. The van der Waals surface area contributed by atoms with Crippen LogP contribution < -0.4 is 15.4 Å². The van der Waals surface area contributed by atoms with Gasteiger partial charge in [0.05, 0.1) is 6.10 Å². The lowest BCUT2D eigenvalue weighted by atomic mass is 10.1. The number of methoxy groups -OCH3 is 1. The molecule has 0 aliphatic carbocycles. The average Bonchev–Trinajstić information content (AvgIpc) is 2.64. The summed E-state index contributed by atoms with van der Waals surface area (Å²) in [6.45, 7) is 4.51. The smallest absolute Gasteiger partial charge is 0.119 e. The van der Waals surface area contributed by atoms with Crippen LogP contribution in [0.15, 0.2) is 53.0 Å². The normalized spacial score (nSPS) is 13.4. The van der Waals surface area contributed by atoms with Gasteiger partial charge in [0.1, 0.15) is 12.4 Å². The molecule has 0 saturated heterocycles. The lowest BCUT2D eigenvalue weighted by Gasteiger charge is -2.20. The molecule has 0 aliphatic heterocycles. The highest BCUT2D eigenvalue weighted by atomic mass is 79.9. The number of ether oxygens (including phenoxy) is 2. The minimum atomic E-state index is 0.0397. The van der Waals surface area contributed by atoms with Crippen molar-refractivity contribution in [3.05, 3.63) is 64.1 Å². The number of likely N-dealkylation sites (N-methyl/N-ethyl adjacent to an activating group) is 1. The zero-order chi connectivity index (χ0) is 18.8. The molecular formula is C21H29BrN2O2. The Morgan fingerprint density at radius 2 is 1.88 bits per heavy atom. The van der Waals surface area contributed by atoms with Crippen LogP contribution in [-0.4, -0.2) is 39.9 Å². The van der Waals surface area contributed by atoms with Crippen molar-refractivity contribution in [3.63, 3.8) is 0 Å². The number of hydrogen-bond donors (Lipinski definition) is 2. The van der Waals surface area contributed by atoms with Gasteiger partial charge in [0, 0.05) is 30.7 Å². The van der Waals surface area contributed by atoms with E-state index in [2.05, 4.69) is 57.8 Å². The monoisotopic (exact) mass is 420 g/mol. The molecule has 26 heavy (non-hydrogen) atoms. The molecule has 0 amide bonds. The van der Waals surface area contributed by atoms with E-state index in [0.717, 1.165) is 29.7 Å². The van der Waals surface area contributed by atoms with Crippen LogP contribution in [0.3, 0.4) is 0 Å². The summed E-state index contributed by atoms with van der Waals surface area (Å²) < 4.78 is 12.4. The van der Waals surface area contributed by atoms with E-state index >= 15 is 0 Å². The van der Waals surface area contributed by atoms with Crippen molar-refractivity contribution >= 4 is 15.9 Å². The summed E-state index contributed by atoms with van der Waals surface area (Å²) in [5, 5.41) is 6.65. The van der Waals surface area contributed by atoms with Crippen LogP contribution in [0.5, 0.6) is 5.75 Å². The van der Waals surface area contributed by atoms with Crippen molar-refractivity contribution < 1.29 is 9.47 Å². The SMILES string of the molecule is CNCCOc1ccc(CC(C)NCC(OC)c2cccc(Br)c2)cc1. The van der Waals surface area contributed by atoms with Crippen molar-refractivity contribution in [1.82, 2.24) is 10.6 Å². The first-order valence-electron chi connectivity index (χ1n) is 9.00. The van der Waals surface area contributed by atoms with Crippen molar-refractivity contribution in [2.45, 2.75) is 25.5 Å². The van der Waals surface area contributed by atoms with Gasteiger partial charge in [-0.25, -0.2) is 0 Å². The van der Waals surface area contributed by atoms with E-state index in [1.807, 2.05) is 31.3 Å². The molecule has 2 rings (SSSR count). The Kier molecular flexibility index (Phi) is 9.12. The van der Waals surface area contributed by atoms with Crippen molar-refractivity contribution in [1.29, 1.82) is 0 Å². The molecule has 0 aliphatic rings. The van der Waals surface area contributed by atoms with Crippen LogP contribution in [-0.2, 0) is 11.2 Å². The van der Waals surface area contributed by atoms with Gasteiger partial charge >= 0.3 is 0 Å². The topological polar surface area (TPSA) is 42.5 Å². The molecule has 2 atom stereocenters. The lowest BCUT2D eigenvalue weighted by Crippen LogP contribution is -2.32. The fraction of sp³-hybridized carbons (Fsp3) is 0.429. The Bertz CT molecular complexity index is 649. The van der Waals surface area contributed by atoms with Gasteiger partial charge in [-0.05, 0) is 55.8 Å². The molecule has 2 aromatic carbocycles. The van der Waals surface area contributed by atoms with Gasteiger partial charge < -0.3 is 20.1 Å². The van der Waals surface area contributed by atoms with Gasteiger partial charge in [0.15, 0.2) is 0 Å². The molecule has 142 valence electrons. The summed E-state index contributed by atoms with van der Waals surface area (Å²) in [6.07, 6.45) is 1.00. The first-order valence-corrected chi connectivity index (χ1v) is 9.79. The van der Waals surface area contributed by atoms with Gasteiger partial charge in [0.25, 0.3) is 0 Å². The van der Waals surface area contributed by atoms with Crippen LogP contribution in [0.2, 0.25) is 0 Å². The number of nitrogens with one attached hydrogen (secondary N) is 2. The highest BCUT2D eigenvalue weighted by Crippen LogP contribution is 2.20. The third-order valence-electron chi connectivity index (χ3n) is 4.24. The second-order valence-electron chi connectivity index (χ2n) is 6.39. The highest BCUT2D eigenvalue weighted by Gasteiger charge is 2.12. The van der Waals surface area contributed by atoms with E-state index in [0.29, 0.717) is 12.6 Å². The number of rotatable bonds is 11. The summed E-state index contributed by atoms with van der Waals surface area (Å²) in [6, 6.07) is 17.0. The zero-order valence-corrected chi connectivity index (χ0v) is 17.4. The van der Waals surface area contributed by atoms with E-state index in [9.17, 15) is 0 Å². The first kappa shape index (κ1) is 20.9. The van der Waals surface area contributed by atoms with Crippen LogP contribution in [0.4, 0.5) is 0 Å². The molecule has 2 aromatic rings. The Labute approximate surface area is 165 Å². The number of benzene rings is 2. The molecule has 5 heteroatoms. The summed E-state index contributed by atoms with van der Waals surface area (Å²) in [7, 11) is 3.68. The second-order valence-corrected chi connectivity index (χ2v) is 7.30. The standard InChI is InChI=1S/C21H29BrN2O2/c1-16(13-17-7-9-20(10-8-17)26-12-11-23-2)24-15-21(25-3)18-5-4-6-19(22)14-18/h4-10,14,16,21,23-24H,11-13,15H2,1-3H3. The fourth-order valence-electron chi connectivity index (χ4n) is 2.77. The third-order valence-corrected chi connectivity index (χ3v) is 4.74. The maximum atomic E-state index is 5.66. The molecule has 0 aromatic heterocycles. The molecule has 0 fully saturated rings. The minimum Gasteiger partial charge on any atom is -0.492 e.